The maximum atomic E-state index is 11.5. The molecule has 1 aliphatic rings. The number of aliphatic hydroxyl groups is 1. The monoisotopic (exact) mass is 284 g/mol. The molecule has 0 aromatic heterocycles. The zero-order valence-electron chi connectivity index (χ0n) is 9.00. The van der Waals surface area contributed by atoms with E-state index in [0.717, 1.165) is 16.5 Å². The molecule has 16 heavy (non-hydrogen) atoms. The molecule has 0 amide bonds. The van der Waals surface area contributed by atoms with Crippen molar-refractivity contribution in [1.29, 1.82) is 0 Å². The molecular formula is C12H13BrO3. The van der Waals surface area contributed by atoms with Crippen LogP contribution in [0.5, 0.6) is 5.75 Å². The number of aliphatic hydroxyl groups excluding tert-OH is 1. The second-order valence-corrected chi connectivity index (χ2v) is 4.98. The topological polar surface area (TPSA) is 46.5 Å². The summed E-state index contributed by atoms with van der Waals surface area (Å²) in [5.74, 6) is 0.807. The summed E-state index contributed by atoms with van der Waals surface area (Å²) >= 11 is 3.38. The third-order valence-electron chi connectivity index (χ3n) is 2.74. The number of carbonyl (C=O) groups is 1. The summed E-state index contributed by atoms with van der Waals surface area (Å²) in [6.45, 7) is 2.12. The highest BCUT2D eigenvalue weighted by molar-refractivity contribution is 9.10. The summed E-state index contributed by atoms with van der Waals surface area (Å²) in [5.41, 5.74) is 1.60. The highest BCUT2D eigenvalue weighted by Gasteiger charge is 2.23. The van der Waals surface area contributed by atoms with Gasteiger partial charge in [0.2, 0.25) is 0 Å². The van der Waals surface area contributed by atoms with Gasteiger partial charge in [-0.2, -0.15) is 0 Å². The fraction of sp³-hybridized carbons (Fsp3) is 0.417. The van der Waals surface area contributed by atoms with Gasteiger partial charge in [-0.25, -0.2) is 0 Å². The third-order valence-corrected chi connectivity index (χ3v) is 3.20. The first-order valence-electron chi connectivity index (χ1n) is 5.19. The van der Waals surface area contributed by atoms with E-state index in [1.54, 1.807) is 6.07 Å². The molecule has 1 atom stereocenters. The summed E-state index contributed by atoms with van der Waals surface area (Å²) in [7, 11) is 0. The lowest BCUT2D eigenvalue weighted by Crippen LogP contribution is -2.25. The third kappa shape index (κ3) is 2.13. The molecule has 1 aliphatic heterocycles. The second-order valence-electron chi connectivity index (χ2n) is 4.06. The summed E-state index contributed by atoms with van der Waals surface area (Å²) in [4.78, 5) is 11.5. The minimum Gasteiger partial charge on any atom is -0.492 e. The molecule has 0 spiro atoms. The van der Waals surface area contributed by atoms with E-state index in [1.165, 1.54) is 6.92 Å². The molecule has 0 aliphatic carbocycles. The quantitative estimate of drug-likeness (QED) is 0.847. The molecule has 0 radical (unpaired) electrons. The number of benzene rings is 1. The van der Waals surface area contributed by atoms with Gasteiger partial charge in [-0.15, -0.1) is 0 Å². The smallest absolute Gasteiger partial charge is 0.163 e. The van der Waals surface area contributed by atoms with Crippen molar-refractivity contribution in [2.45, 2.75) is 13.3 Å². The molecule has 3 nitrogen and oxygen atoms in total. The van der Waals surface area contributed by atoms with Crippen molar-refractivity contribution in [3.05, 3.63) is 27.7 Å². The van der Waals surface area contributed by atoms with E-state index >= 15 is 0 Å². The van der Waals surface area contributed by atoms with E-state index in [4.69, 9.17) is 9.84 Å². The Labute approximate surface area is 103 Å². The molecule has 4 heteroatoms. The van der Waals surface area contributed by atoms with Crippen LogP contribution < -0.4 is 4.74 Å². The number of ether oxygens (including phenoxy) is 1. The van der Waals surface area contributed by atoms with Crippen LogP contribution in [0.1, 0.15) is 22.8 Å². The lowest BCUT2D eigenvalue weighted by Gasteiger charge is -2.25. The molecule has 0 saturated carbocycles. The van der Waals surface area contributed by atoms with Gasteiger partial charge >= 0.3 is 0 Å². The standard InChI is InChI=1S/C12H13BrO3/c1-7(15)11-4-10(13)3-9-2-8(5-14)6-16-12(9)11/h3-4,8,14H,2,5-6H2,1H3. The van der Waals surface area contributed by atoms with Crippen LogP contribution in [0, 0.1) is 5.92 Å². The predicted molar refractivity (Wildman–Crippen MR) is 63.9 cm³/mol. The maximum Gasteiger partial charge on any atom is 0.163 e. The Kier molecular flexibility index (Phi) is 3.30. The van der Waals surface area contributed by atoms with E-state index in [2.05, 4.69) is 15.9 Å². The van der Waals surface area contributed by atoms with Crippen molar-refractivity contribution in [2.75, 3.05) is 13.2 Å². The van der Waals surface area contributed by atoms with E-state index in [-0.39, 0.29) is 18.3 Å². The molecule has 2 rings (SSSR count). The lowest BCUT2D eigenvalue weighted by molar-refractivity contribution is 0.100. The fourth-order valence-corrected chi connectivity index (χ4v) is 2.43. The Hall–Kier alpha value is -0.870. The van der Waals surface area contributed by atoms with Gasteiger partial charge in [0.05, 0.1) is 12.2 Å². The van der Waals surface area contributed by atoms with Crippen LogP contribution in [-0.2, 0) is 6.42 Å². The average molecular weight is 285 g/mol. The number of halogens is 1. The molecule has 0 fully saturated rings. The molecule has 86 valence electrons. The van der Waals surface area contributed by atoms with Crippen LogP contribution in [0.25, 0.3) is 0 Å². The van der Waals surface area contributed by atoms with Gasteiger partial charge in [-0.05, 0) is 31.0 Å². The number of rotatable bonds is 2. The van der Waals surface area contributed by atoms with Crippen molar-refractivity contribution in [3.8, 4) is 5.75 Å². The van der Waals surface area contributed by atoms with Crippen LogP contribution in [0.2, 0.25) is 0 Å². The summed E-state index contributed by atoms with van der Waals surface area (Å²) in [6.07, 6.45) is 0.756. The number of ketones is 1. The first kappa shape index (κ1) is 11.6. The van der Waals surface area contributed by atoms with Crippen LogP contribution in [0.4, 0.5) is 0 Å². The number of carbonyl (C=O) groups excluding carboxylic acids is 1. The normalized spacial score (nSPS) is 18.8. The predicted octanol–water partition coefficient (Wildman–Crippen LogP) is 2.20. The highest BCUT2D eigenvalue weighted by Crippen LogP contribution is 2.34. The zero-order valence-corrected chi connectivity index (χ0v) is 10.6. The molecule has 1 aromatic carbocycles. The number of Topliss-reactive ketones (excluding diaryl/α,β-unsaturated/α-hetero) is 1. The van der Waals surface area contributed by atoms with Gasteiger partial charge < -0.3 is 9.84 Å². The molecule has 1 aromatic rings. The van der Waals surface area contributed by atoms with E-state index in [1.807, 2.05) is 6.07 Å². The van der Waals surface area contributed by atoms with Crippen molar-refractivity contribution in [3.63, 3.8) is 0 Å². The minimum atomic E-state index is -0.00000142. The molecular weight excluding hydrogens is 272 g/mol. The van der Waals surface area contributed by atoms with Crippen LogP contribution in [-0.4, -0.2) is 24.1 Å². The van der Waals surface area contributed by atoms with Gasteiger partial charge in [0.1, 0.15) is 5.75 Å². The number of hydrogen-bond donors (Lipinski definition) is 1. The number of fused-ring (bicyclic) bond motifs is 1. The SMILES string of the molecule is CC(=O)c1cc(Br)cc2c1OCC(CO)C2. The molecule has 1 N–H and O–H groups in total. The second kappa shape index (κ2) is 4.55. The van der Waals surface area contributed by atoms with Gasteiger partial charge in [-0.1, -0.05) is 15.9 Å². The van der Waals surface area contributed by atoms with Gasteiger partial charge in [0, 0.05) is 17.0 Å². The molecule has 1 heterocycles. The summed E-state index contributed by atoms with van der Waals surface area (Å²) < 4.78 is 6.45. The van der Waals surface area contributed by atoms with E-state index in [0.29, 0.717) is 17.9 Å². The van der Waals surface area contributed by atoms with Gasteiger partial charge in [0.15, 0.2) is 5.78 Å². The summed E-state index contributed by atoms with van der Waals surface area (Å²) in [5, 5.41) is 9.11. The van der Waals surface area contributed by atoms with Crippen LogP contribution in [0.15, 0.2) is 16.6 Å². The van der Waals surface area contributed by atoms with Gasteiger partial charge in [0.25, 0.3) is 0 Å². The van der Waals surface area contributed by atoms with E-state index in [9.17, 15) is 4.79 Å². The molecule has 0 bridgehead atoms. The summed E-state index contributed by atoms with van der Waals surface area (Å²) in [6, 6.07) is 3.73. The Morgan fingerprint density at radius 2 is 2.38 bits per heavy atom. The minimum absolute atomic E-state index is 0.00000142. The Balaban J connectivity index is 2.45. The van der Waals surface area contributed by atoms with Crippen molar-refractivity contribution in [1.82, 2.24) is 0 Å². The maximum absolute atomic E-state index is 11.5. The van der Waals surface area contributed by atoms with E-state index < -0.39 is 0 Å². The van der Waals surface area contributed by atoms with Crippen LogP contribution in [0.3, 0.4) is 0 Å². The first-order valence-corrected chi connectivity index (χ1v) is 5.98. The zero-order chi connectivity index (χ0) is 11.7. The van der Waals surface area contributed by atoms with Gasteiger partial charge in [-0.3, -0.25) is 4.79 Å². The average Bonchev–Trinajstić information content (AvgIpc) is 2.26. The lowest BCUT2D eigenvalue weighted by atomic mass is 9.94. The number of hydrogen-bond acceptors (Lipinski definition) is 3. The largest absolute Gasteiger partial charge is 0.492 e. The first-order chi connectivity index (χ1) is 7.61. The molecule has 1 unspecified atom stereocenters. The van der Waals surface area contributed by atoms with Crippen molar-refractivity contribution >= 4 is 21.7 Å². The molecule has 0 saturated heterocycles. The Bertz CT molecular complexity index is 429. The highest BCUT2D eigenvalue weighted by atomic mass is 79.9. The van der Waals surface area contributed by atoms with Crippen molar-refractivity contribution in [2.24, 2.45) is 5.92 Å². The fourth-order valence-electron chi connectivity index (χ4n) is 1.92. The Morgan fingerprint density at radius 3 is 3.00 bits per heavy atom. The van der Waals surface area contributed by atoms with Crippen LogP contribution >= 0.6 is 15.9 Å². The Morgan fingerprint density at radius 1 is 1.62 bits per heavy atom. The van der Waals surface area contributed by atoms with Crippen molar-refractivity contribution < 1.29 is 14.6 Å².